The monoisotopic (exact) mass is 279 g/mol. The third-order valence-electron chi connectivity index (χ3n) is 3.21. The van der Waals surface area contributed by atoms with E-state index in [0.717, 1.165) is 13.1 Å². The molecule has 0 spiro atoms. The van der Waals surface area contributed by atoms with Crippen LogP contribution in [0.1, 0.15) is 17.0 Å². The minimum Gasteiger partial charge on any atom is -0.372 e. The van der Waals surface area contributed by atoms with Gasteiger partial charge in [0.15, 0.2) is 0 Å². The maximum absolute atomic E-state index is 6.26. The predicted molar refractivity (Wildman–Crippen MR) is 67.9 cm³/mol. The van der Waals surface area contributed by atoms with Crippen molar-refractivity contribution in [2.24, 2.45) is 0 Å². The third-order valence-corrected chi connectivity index (χ3v) is 4.02. The molecule has 0 radical (unpaired) electrons. The first-order chi connectivity index (χ1) is 7.27. The van der Waals surface area contributed by atoms with E-state index in [1.807, 2.05) is 12.1 Å². The third kappa shape index (κ3) is 1.83. The van der Waals surface area contributed by atoms with Gasteiger partial charge < -0.3 is 10.1 Å². The molecule has 3 rings (SSSR count). The van der Waals surface area contributed by atoms with Crippen LogP contribution in [0, 0.1) is 0 Å². The van der Waals surface area contributed by atoms with Crippen molar-refractivity contribution in [1.82, 2.24) is 5.32 Å². The highest BCUT2D eigenvalue weighted by molar-refractivity contribution is 6.42. The number of halogens is 3. The minimum atomic E-state index is 0. The Morgan fingerprint density at radius 2 is 2.06 bits per heavy atom. The van der Waals surface area contributed by atoms with Crippen molar-refractivity contribution in [2.45, 2.75) is 18.6 Å². The Hall–Kier alpha value is 0.01000. The number of fused-ring (bicyclic) bond motifs is 3. The van der Waals surface area contributed by atoms with E-state index in [0.29, 0.717) is 22.6 Å². The first kappa shape index (κ1) is 12.5. The predicted octanol–water partition coefficient (Wildman–Crippen LogP) is 3.00. The lowest BCUT2D eigenvalue weighted by atomic mass is 9.89. The molecule has 0 bridgehead atoms. The van der Waals surface area contributed by atoms with Crippen molar-refractivity contribution in [3.05, 3.63) is 33.3 Å². The molecule has 1 aromatic rings. The summed E-state index contributed by atoms with van der Waals surface area (Å²) in [5.41, 5.74) is 2.36. The summed E-state index contributed by atoms with van der Waals surface area (Å²) in [5.74, 6) is 0.361. The van der Waals surface area contributed by atoms with Gasteiger partial charge in [-0.05, 0) is 17.2 Å². The second kappa shape index (κ2) is 4.71. The Bertz CT molecular complexity index is 410. The van der Waals surface area contributed by atoms with Gasteiger partial charge in [-0.15, -0.1) is 12.4 Å². The summed E-state index contributed by atoms with van der Waals surface area (Å²) < 4.78 is 5.76. The largest absolute Gasteiger partial charge is 0.372 e. The zero-order valence-electron chi connectivity index (χ0n) is 8.50. The Morgan fingerprint density at radius 3 is 2.88 bits per heavy atom. The standard InChI is InChI=1S/C11H11Cl2NO.ClH/c12-8-2-1-6-5-15-9-4-14-3-7(9)10(6)11(8)13;/h1-2,7,9,14H,3-5H2;1H/t7-,9+;/m0./s1. The minimum absolute atomic E-state index is 0. The summed E-state index contributed by atoms with van der Waals surface area (Å²) in [7, 11) is 0. The summed E-state index contributed by atoms with van der Waals surface area (Å²) in [4.78, 5) is 0. The Balaban J connectivity index is 0.000000963. The van der Waals surface area contributed by atoms with E-state index >= 15 is 0 Å². The molecule has 88 valence electrons. The molecule has 2 aliphatic rings. The van der Waals surface area contributed by atoms with Crippen molar-refractivity contribution in [3.8, 4) is 0 Å². The number of hydrogen-bond acceptors (Lipinski definition) is 2. The van der Waals surface area contributed by atoms with Crippen molar-refractivity contribution in [2.75, 3.05) is 13.1 Å². The molecule has 0 aromatic heterocycles. The molecular weight excluding hydrogens is 268 g/mol. The van der Waals surface area contributed by atoms with E-state index in [1.54, 1.807) is 0 Å². The van der Waals surface area contributed by atoms with Gasteiger partial charge in [0.1, 0.15) is 0 Å². The molecule has 2 atom stereocenters. The average Bonchev–Trinajstić information content (AvgIpc) is 2.70. The van der Waals surface area contributed by atoms with Crippen molar-refractivity contribution in [1.29, 1.82) is 0 Å². The number of nitrogens with one attached hydrogen (secondary N) is 1. The van der Waals surface area contributed by atoms with Crippen LogP contribution >= 0.6 is 35.6 Å². The Morgan fingerprint density at radius 1 is 1.25 bits per heavy atom. The highest BCUT2D eigenvalue weighted by Gasteiger charge is 2.36. The van der Waals surface area contributed by atoms with Crippen LogP contribution in [-0.2, 0) is 11.3 Å². The van der Waals surface area contributed by atoms with Gasteiger partial charge in [0, 0.05) is 19.0 Å². The highest BCUT2D eigenvalue weighted by atomic mass is 35.5. The zero-order chi connectivity index (χ0) is 10.4. The van der Waals surface area contributed by atoms with E-state index in [1.165, 1.54) is 11.1 Å². The van der Waals surface area contributed by atoms with Crippen LogP contribution in [0.3, 0.4) is 0 Å². The number of rotatable bonds is 0. The zero-order valence-corrected chi connectivity index (χ0v) is 10.8. The number of ether oxygens (including phenoxy) is 1. The molecule has 1 saturated heterocycles. The van der Waals surface area contributed by atoms with Crippen LogP contribution < -0.4 is 5.32 Å². The molecule has 1 N–H and O–H groups in total. The summed E-state index contributed by atoms with van der Waals surface area (Å²) in [6, 6.07) is 3.85. The lowest BCUT2D eigenvalue weighted by Crippen LogP contribution is -2.27. The van der Waals surface area contributed by atoms with Crippen LogP contribution in [-0.4, -0.2) is 19.2 Å². The van der Waals surface area contributed by atoms with Gasteiger partial charge in [0.2, 0.25) is 0 Å². The summed E-state index contributed by atoms with van der Waals surface area (Å²) in [6.07, 6.45) is 0.258. The van der Waals surface area contributed by atoms with Gasteiger partial charge in [-0.3, -0.25) is 0 Å². The van der Waals surface area contributed by atoms with Gasteiger partial charge in [0.25, 0.3) is 0 Å². The van der Waals surface area contributed by atoms with Crippen molar-refractivity contribution in [3.63, 3.8) is 0 Å². The Labute approximate surface area is 111 Å². The van der Waals surface area contributed by atoms with Crippen LogP contribution in [0.15, 0.2) is 12.1 Å². The first-order valence-corrected chi connectivity index (χ1v) is 5.82. The number of benzene rings is 1. The normalized spacial score (nSPS) is 26.9. The maximum atomic E-state index is 6.26. The molecule has 2 nitrogen and oxygen atoms in total. The van der Waals surface area contributed by atoms with Crippen molar-refractivity contribution >= 4 is 35.6 Å². The summed E-state index contributed by atoms with van der Waals surface area (Å²) in [5, 5.41) is 4.67. The molecule has 0 amide bonds. The first-order valence-electron chi connectivity index (χ1n) is 5.06. The molecule has 1 aromatic carbocycles. The second-order valence-corrected chi connectivity index (χ2v) is 4.83. The number of hydrogen-bond donors (Lipinski definition) is 1. The average molecular weight is 281 g/mol. The van der Waals surface area contributed by atoms with Crippen LogP contribution in [0.2, 0.25) is 10.0 Å². The van der Waals surface area contributed by atoms with Crippen LogP contribution in [0.4, 0.5) is 0 Å². The summed E-state index contributed by atoms with van der Waals surface area (Å²) >= 11 is 12.3. The van der Waals surface area contributed by atoms with E-state index in [2.05, 4.69) is 5.32 Å². The molecule has 1 fully saturated rings. The molecular formula is C11H12Cl3NO. The van der Waals surface area contributed by atoms with Gasteiger partial charge in [-0.1, -0.05) is 29.3 Å². The van der Waals surface area contributed by atoms with E-state index in [4.69, 9.17) is 27.9 Å². The Kier molecular flexibility index (Phi) is 3.67. The quantitative estimate of drug-likeness (QED) is 0.789. The fraction of sp³-hybridized carbons (Fsp3) is 0.455. The van der Waals surface area contributed by atoms with Crippen molar-refractivity contribution < 1.29 is 4.74 Å². The van der Waals surface area contributed by atoms with Gasteiger partial charge in [-0.2, -0.15) is 0 Å². The molecule has 2 heterocycles. The molecule has 0 saturated carbocycles. The van der Waals surface area contributed by atoms with Crippen LogP contribution in [0.25, 0.3) is 0 Å². The van der Waals surface area contributed by atoms with E-state index in [9.17, 15) is 0 Å². The SMILES string of the molecule is Cl.Clc1ccc2c(c1Cl)[C@H]1CNC[C@H]1OC2. The summed E-state index contributed by atoms with van der Waals surface area (Å²) in [6.45, 7) is 2.49. The maximum Gasteiger partial charge on any atom is 0.0785 e. The lowest BCUT2D eigenvalue weighted by Gasteiger charge is -2.29. The molecule has 0 unspecified atom stereocenters. The van der Waals surface area contributed by atoms with Gasteiger partial charge in [-0.25, -0.2) is 0 Å². The lowest BCUT2D eigenvalue weighted by molar-refractivity contribution is 0.0300. The molecule has 16 heavy (non-hydrogen) atoms. The highest BCUT2D eigenvalue weighted by Crippen LogP contribution is 2.40. The molecule has 0 aliphatic carbocycles. The van der Waals surface area contributed by atoms with Gasteiger partial charge >= 0.3 is 0 Å². The van der Waals surface area contributed by atoms with Gasteiger partial charge in [0.05, 0.1) is 22.8 Å². The second-order valence-electron chi connectivity index (χ2n) is 4.05. The fourth-order valence-electron chi connectivity index (χ4n) is 2.45. The van der Waals surface area contributed by atoms with E-state index in [-0.39, 0.29) is 18.5 Å². The molecule has 5 heteroatoms. The fourth-order valence-corrected chi connectivity index (χ4v) is 2.94. The van der Waals surface area contributed by atoms with Crippen LogP contribution in [0.5, 0.6) is 0 Å². The topological polar surface area (TPSA) is 21.3 Å². The van der Waals surface area contributed by atoms with E-state index < -0.39 is 0 Å². The smallest absolute Gasteiger partial charge is 0.0785 e. The molecule has 2 aliphatic heterocycles.